The molecule has 1 heterocycles. The van der Waals surface area contributed by atoms with Crippen LogP contribution in [0.4, 0.5) is 13.2 Å². The molecule has 0 amide bonds. The van der Waals surface area contributed by atoms with E-state index in [2.05, 4.69) is 0 Å². The van der Waals surface area contributed by atoms with E-state index in [0.717, 1.165) is 12.1 Å². The predicted molar refractivity (Wildman–Crippen MR) is 76.7 cm³/mol. The van der Waals surface area contributed by atoms with Gasteiger partial charge in [0.15, 0.2) is 0 Å². The number of hydrogen-bond donors (Lipinski definition) is 1. The van der Waals surface area contributed by atoms with Crippen LogP contribution < -0.4 is 0 Å². The zero-order chi connectivity index (χ0) is 16.5. The van der Waals surface area contributed by atoms with E-state index in [1.165, 1.54) is 6.07 Å². The molecule has 3 nitrogen and oxygen atoms in total. The van der Waals surface area contributed by atoms with Crippen LogP contribution >= 0.6 is 11.6 Å². The minimum Gasteiger partial charge on any atom is -0.481 e. The Balaban J connectivity index is 2.21. The van der Waals surface area contributed by atoms with Crippen molar-refractivity contribution in [2.45, 2.75) is 38.5 Å². The number of aliphatic carboxylic acids is 1. The molecule has 0 aliphatic carbocycles. The Bertz CT molecular complexity index is 562. The topological polar surface area (TPSA) is 40.5 Å². The molecule has 1 fully saturated rings. The summed E-state index contributed by atoms with van der Waals surface area (Å²) in [6.45, 7) is 2.66. The Morgan fingerprint density at radius 1 is 1.45 bits per heavy atom. The van der Waals surface area contributed by atoms with Gasteiger partial charge in [0.2, 0.25) is 0 Å². The number of carboxylic acids is 1. The Morgan fingerprint density at radius 2 is 2.14 bits per heavy atom. The Morgan fingerprint density at radius 3 is 2.73 bits per heavy atom. The maximum atomic E-state index is 12.8. The maximum absolute atomic E-state index is 12.8. The number of alkyl halides is 3. The van der Waals surface area contributed by atoms with Crippen molar-refractivity contribution in [3.05, 3.63) is 34.3 Å². The lowest BCUT2D eigenvalue weighted by Gasteiger charge is -2.37. The number of piperidine rings is 1. The lowest BCUT2D eigenvalue weighted by atomic mass is 9.90. The van der Waals surface area contributed by atoms with E-state index in [-0.39, 0.29) is 17.6 Å². The van der Waals surface area contributed by atoms with Crippen LogP contribution in [-0.2, 0) is 17.5 Å². The van der Waals surface area contributed by atoms with Crippen LogP contribution in [-0.4, -0.2) is 28.6 Å². The first-order chi connectivity index (χ1) is 10.2. The SMILES string of the molecule is C[C@@H]1[C@H](C(=O)O)CCCN1Cc1cc(C(F)(F)F)ccc1Cl. The summed E-state index contributed by atoms with van der Waals surface area (Å²) in [5.74, 6) is -1.37. The lowest BCUT2D eigenvalue weighted by Crippen LogP contribution is -2.45. The van der Waals surface area contributed by atoms with Crippen LogP contribution in [0.25, 0.3) is 0 Å². The summed E-state index contributed by atoms with van der Waals surface area (Å²) in [5.41, 5.74) is -0.374. The second-order valence-corrected chi connectivity index (χ2v) is 6.01. The smallest absolute Gasteiger partial charge is 0.416 e. The first-order valence-electron chi connectivity index (χ1n) is 7.02. The number of benzene rings is 1. The van der Waals surface area contributed by atoms with Crippen molar-refractivity contribution < 1.29 is 23.1 Å². The van der Waals surface area contributed by atoms with Crippen LogP contribution in [0.2, 0.25) is 5.02 Å². The van der Waals surface area contributed by atoms with E-state index in [1.54, 1.807) is 6.92 Å². The zero-order valence-electron chi connectivity index (χ0n) is 12.0. The van der Waals surface area contributed by atoms with Gasteiger partial charge in [0.25, 0.3) is 0 Å². The van der Waals surface area contributed by atoms with E-state index in [9.17, 15) is 23.1 Å². The molecule has 22 heavy (non-hydrogen) atoms. The number of nitrogens with zero attached hydrogens (tertiary/aromatic N) is 1. The molecule has 1 N–H and O–H groups in total. The fourth-order valence-corrected chi connectivity index (χ4v) is 3.03. The van der Waals surface area contributed by atoms with Gasteiger partial charge in [-0.1, -0.05) is 11.6 Å². The largest absolute Gasteiger partial charge is 0.481 e. The summed E-state index contributed by atoms with van der Waals surface area (Å²) in [5, 5.41) is 9.46. The Kier molecular flexibility index (Phi) is 5.02. The average molecular weight is 336 g/mol. The molecule has 0 radical (unpaired) electrons. The van der Waals surface area contributed by atoms with Crippen LogP contribution in [0, 0.1) is 5.92 Å². The van der Waals surface area contributed by atoms with Gasteiger partial charge in [0.1, 0.15) is 0 Å². The number of halogens is 4. The monoisotopic (exact) mass is 335 g/mol. The van der Waals surface area contributed by atoms with Crippen molar-refractivity contribution >= 4 is 17.6 Å². The van der Waals surface area contributed by atoms with E-state index < -0.39 is 23.6 Å². The number of carbonyl (C=O) groups is 1. The molecule has 1 aliphatic rings. The highest BCUT2D eigenvalue weighted by Gasteiger charge is 2.34. The summed E-state index contributed by atoms with van der Waals surface area (Å²) < 4.78 is 38.4. The lowest BCUT2D eigenvalue weighted by molar-refractivity contribution is -0.145. The van der Waals surface area contributed by atoms with E-state index in [0.29, 0.717) is 24.9 Å². The molecule has 0 saturated carbocycles. The summed E-state index contributed by atoms with van der Waals surface area (Å²) in [7, 11) is 0. The molecule has 2 rings (SSSR count). The van der Waals surface area contributed by atoms with Crippen LogP contribution in [0.1, 0.15) is 30.9 Å². The number of rotatable bonds is 3. The first-order valence-corrected chi connectivity index (χ1v) is 7.40. The van der Waals surface area contributed by atoms with Gasteiger partial charge in [0.05, 0.1) is 11.5 Å². The molecule has 0 aromatic heterocycles. The van der Waals surface area contributed by atoms with Crippen LogP contribution in [0.3, 0.4) is 0 Å². The highest BCUT2D eigenvalue weighted by Crippen LogP contribution is 2.33. The maximum Gasteiger partial charge on any atom is 0.416 e. The van der Waals surface area contributed by atoms with Gasteiger partial charge in [-0.3, -0.25) is 9.69 Å². The minimum atomic E-state index is -4.42. The summed E-state index contributed by atoms with van der Waals surface area (Å²) in [6.07, 6.45) is -3.13. The van der Waals surface area contributed by atoms with Crippen molar-refractivity contribution in [1.82, 2.24) is 4.90 Å². The van der Waals surface area contributed by atoms with Crippen molar-refractivity contribution in [1.29, 1.82) is 0 Å². The molecule has 0 unspecified atom stereocenters. The van der Waals surface area contributed by atoms with Crippen molar-refractivity contribution in [3.8, 4) is 0 Å². The second kappa shape index (κ2) is 6.46. The summed E-state index contributed by atoms with van der Waals surface area (Å²) in [4.78, 5) is 13.1. The van der Waals surface area contributed by atoms with Crippen LogP contribution in [0.5, 0.6) is 0 Å². The molecule has 122 valence electrons. The summed E-state index contributed by atoms with van der Waals surface area (Å²) in [6, 6.07) is 2.99. The minimum absolute atomic E-state index is 0.216. The number of hydrogen-bond acceptors (Lipinski definition) is 2. The molecule has 2 atom stereocenters. The molecule has 1 saturated heterocycles. The molecular formula is C15H17ClF3NO2. The summed E-state index contributed by atoms with van der Waals surface area (Å²) >= 11 is 6.00. The van der Waals surface area contributed by atoms with E-state index in [4.69, 9.17) is 11.6 Å². The fourth-order valence-electron chi connectivity index (χ4n) is 2.86. The second-order valence-electron chi connectivity index (χ2n) is 5.60. The van der Waals surface area contributed by atoms with Crippen molar-refractivity contribution in [2.75, 3.05) is 6.54 Å². The van der Waals surface area contributed by atoms with Gasteiger partial charge in [0, 0.05) is 17.6 Å². The average Bonchev–Trinajstić information content (AvgIpc) is 2.41. The normalized spacial score (nSPS) is 23.5. The molecule has 1 aromatic rings. The Hall–Kier alpha value is -1.27. The van der Waals surface area contributed by atoms with Crippen LogP contribution in [0.15, 0.2) is 18.2 Å². The van der Waals surface area contributed by atoms with Gasteiger partial charge >= 0.3 is 12.1 Å². The van der Waals surface area contributed by atoms with Gasteiger partial charge < -0.3 is 5.11 Å². The highest BCUT2D eigenvalue weighted by molar-refractivity contribution is 6.31. The zero-order valence-corrected chi connectivity index (χ0v) is 12.8. The van der Waals surface area contributed by atoms with Crippen molar-refractivity contribution in [2.24, 2.45) is 5.92 Å². The highest BCUT2D eigenvalue weighted by atomic mass is 35.5. The van der Waals surface area contributed by atoms with Gasteiger partial charge in [-0.25, -0.2) is 0 Å². The quantitative estimate of drug-likeness (QED) is 0.906. The Labute approximate surface area is 131 Å². The molecular weight excluding hydrogens is 319 g/mol. The predicted octanol–water partition coefficient (Wildman–Crippen LogP) is 4.04. The third kappa shape index (κ3) is 3.73. The number of carboxylic acid groups (broad SMARTS) is 1. The number of likely N-dealkylation sites (tertiary alicyclic amines) is 1. The third-order valence-corrected chi connectivity index (χ3v) is 4.55. The first kappa shape index (κ1) is 17.1. The molecule has 7 heteroatoms. The molecule has 1 aromatic carbocycles. The van der Waals surface area contributed by atoms with Gasteiger partial charge in [-0.2, -0.15) is 13.2 Å². The van der Waals surface area contributed by atoms with Gasteiger partial charge in [-0.15, -0.1) is 0 Å². The van der Waals surface area contributed by atoms with Crippen molar-refractivity contribution in [3.63, 3.8) is 0 Å². The third-order valence-electron chi connectivity index (χ3n) is 4.18. The molecule has 0 bridgehead atoms. The fraction of sp³-hybridized carbons (Fsp3) is 0.533. The van der Waals surface area contributed by atoms with Gasteiger partial charge in [-0.05, 0) is 50.1 Å². The molecule has 1 aliphatic heterocycles. The standard InChI is InChI=1S/C15H17ClF3NO2/c1-9-12(14(21)22)3-2-6-20(9)8-10-7-11(15(17,18)19)4-5-13(10)16/h4-5,7,9,12H,2-3,6,8H2,1H3,(H,21,22)/t9-,12-/m1/s1. The van der Waals surface area contributed by atoms with E-state index >= 15 is 0 Å². The van der Waals surface area contributed by atoms with E-state index in [1.807, 2.05) is 4.90 Å². The molecule has 0 spiro atoms.